The third kappa shape index (κ3) is 3.45. The number of hydrogen-bond acceptors (Lipinski definition) is 3. The molecule has 0 N–H and O–H groups in total. The molecule has 98 valence electrons. The van der Waals surface area contributed by atoms with Crippen molar-refractivity contribution in [2.45, 2.75) is 32.1 Å². The smallest absolute Gasteiger partial charge is 0.312 e. The zero-order chi connectivity index (χ0) is 13.0. The van der Waals surface area contributed by atoms with Gasteiger partial charge in [-0.25, -0.2) is 0 Å². The van der Waals surface area contributed by atoms with Crippen LogP contribution < -0.4 is 4.74 Å². The minimum Gasteiger partial charge on any atom is -0.487 e. The van der Waals surface area contributed by atoms with Crippen LogP contribution in [0.15, 0.2) is 22.7 Å². The predicted molar refractivity (Wildman–Crippen MR) is 72.9 cm³/mol. The van der Waals surface area contributed by atoms with Crippen LogP contribution in [0.1, 0.15) is 32.1 Å². The summed E-state index contributed by atoms with van der Waals surface area (Å²) >= 11 is 3.23. The van der Waals surface area contributed by atoms with E-state index in [9.17, 15) is 10.1 Å². The number of nitrogens with zero attached hydrogens (tertiary/aromatic N) is 1. The van der Waals surface area contributed by atoms with E-state index in [2.05, 4.69) is 15.9 Å². The lowest BCUT2D eigenvalue weighted by atomic mass is 9.90. The van der Waals surface area contributed by atoms with Gasteiger partial charge in [0.1, 0.15) is 0 Å². The molecule has 0 aliphatic heterocycles. The van der Waals surface area contributed by atoms with Crippen LogP contribution in [0.25, 0.3) is 0 Å². The van der Waals surface area contributed by atoms with Crippen LogP contribution in [-0.4, -0.2) is 11.5 Å². The van der Waals surface area contributed by atoms with Gasteiger partial charge in [0.2, 0.25) is 0 Å². The van der Waals surface area contributed by atoms with Gasteiger partial charge in [0, 0.05) is 10.5 Å². The summed E-state index contributed by atoms with van der Waals surface area (Å²) in [6, 6.07) is 4.91. The van der Waals surface area contributed by atoms with Crippen molar-refractivity contribution in [3.8, 4) is 5.75 Å². The van der Waals surface area contributed by atoms with Gasteiger partial charge in [0.15, 0.2) is 5.75 Å². The van der Waals surface area contributed by atoms with Crippen LogP contribution in [0.2, 0.25) is 0 Å². The fraction of sp³-hybridized carbons (Fsp3) is 0.538. The van der Waals surface area contributed by atoms with E-state index in [4.69, 9.17) is 4.74 Å². The first-order valence-corrected chi connectivity index (χ1v) is 7.03. The van der Waals surface area contributed by atoms with Crippen LogP contribution in [0.4, 0.5) is 5.69 Å². The van der Waals surface area contributed by atoms with Crippen molar-refractivity contribution in [2.24, 2.45) is 5.92 Å². The Balaban J connectivity index is 2.01. The first kappa shape index (κ1) is 13.3. The van der Waals surface area contributed by atoms with E-state index in [0.29, 0.717) is 22.7 Å². The van der Waals surface area contributed by atoms with Crippen LogP contribution in [0, 0.1) is 16.0 Å². The quantitative estimate of drug-likeness (QED) is 0.614. The molecule has 0 heterocycles. The van der Waals surface area contributed by atoms with Crippen molar-refractivity contribution in [1.29, 1.82) is 0 Å². The Kier molecular flexibility index (Phi) is 4.58. The van der Waals surface area contributed by atoms with Crippen LogP contribution >= 0.6 is 15.9 Å². The highest BCUT2D eigenvalue weighted by Gasteiger charge is 2.18. The summed E-state index contributed by atoms with van der Waals surface area (Å²) in [5.41, 5.74) is 0.0279. The van der Waals surface area contributed by atoms with E-state index >= 15 is 0 Å². The summed E-state index contributed by atoms with van der Waals surface area (Å²) in [7, 11) is 0. The third-order valence-corrected chi connectivity index (χ3v) is 3.81. The van der Waals surface area contributed by atoms with Crippen molar-refractivity contribution in [3.05, 3.63) is 32.8 Å². The topological polar surface area (TPSA) is 52.4 Å². The maximum absolute atomic E-state index is 10.9. The average molecular weight is 314 g/mol. The Morgan fingerprint density at radius 2 is 2.06 bits per heavy atom. The molecule has 1 aliphatic rings. The third-order valence-electron chi connectivity index (χ3n) is 3.32. The average Bonchev–Trinajstić information content (AvgIpc) is 2.38. The highest BCUT2D eigenvalue weighted by atomic mass is 79.9. The summed E-state index contributed by atoms with van der Waals surface area (Å²) in [5.74, 6) is 0.913. The van der Waals surface area contributed by atoms with E-state index in [0.717, 1.165) is 0 Å². The Morgan fingerprint density at radius 3 is 2.72 bits per heavy atom. The van der Waals surface area contributed by atoms with Gasteiger partial charge in [-0.3, -0.25) is 10.1 Å². The highest BCUT2D eigenvalue weighted by molar-refractivity contribution is 9.10. The van der Waals surface area contributed by atoms with Gasteiger partial charge in [-0.2, -0.15) is 0 Å². The minimum absolute atomic E-state index is 0.0279. The lowest BCUT2D eigenvalue weighted by molar-refractivity contribution is -0.386. The van der Waals surface area contributed by atoms with Crippen LogP contribution in [-0.2, 0) is 0 Å². The van der Waals surface area contributed by atoms with E-state index in [1.54, 1.807) is 12.1 Å². The molecule has 0 aromatic heterocycles. The molecule has 1 aromatic carbocycles. The zero-order valence-corrected chi connectivity index (χ0v) is 11.7. The Hall–Kier alpha value is -1.10. The molecule has 2 rings (SSSR count). The largest absolute Gasteiger partial charge is 0.487 e. The van der Waals surface area contributed by atoms with Gasteiger partial charge in [0.25, 0.3) is 0 Å². The second kappa shape index (κ2) is 6.18. The molecular weight excluding hydrogens is 298 g/mol. The van der Waals surface area contributed by atoms with E-state index in [-0.39, 0.29) is 5.69 Å². The molecule has 0 bridgehead atoms. The van der Waals surface area contributed by atoms with Gasteiger partial charge >= 0.3 is 5.69 Å². The Bertz CT molecular complexity index is 430. The van der Waals surface area contributed by atoms with E-state index in [1.165, 1.54) is 38.2 Å². The number of rotatable bonds is 4. The number of ether oxygens (including phenoxy) is 1. The molecule has 0 spiro atoms. The summed E-state index contributed by atoms with van der Waals surface area (Å²) in [5, 5.41) is 10.9. The maximum atomic E-state index is 10.9. The molecule has 1 fully saturated rings. The van der Waals surface area contributed by atoms with Crippen molar-refractivity contribution < 1.29 is 9.66 Å². The molecule has 1 saturated carbocycles. The van der Waals surface area contributed by atoms with E-state index < -0.39 is 4.92 Å². The first-order chi connectivity index (χ1) is 8.66. The Morgan fingerprint density at radius 1 is 1.33 bits per heavy atom. The Labute approximate surface area is 115 Å². The minimum atomic E-state index is -0.402. The van der Waals surface area contributed by atoms with Crippen molar-refractivity contribution in [1.82, 2.24) is 0 Å². The normalized spacial score (nSPS) is 16.5. The van der Waals surface area contributed by atoms with Gasteiger partial charge in [0.05, 0.1) is 11.5 Å². The van der Waals surface area contributed by atoms with Gasteiger partial charge < -0.3 is 4.74 Å². The molecule has 1 aromatic rings. The lowest BCUT2D eigenvalue weighted by Crippen LogP contribution is -2.15. The maximum Gasteiger partial charge on any atom is 0.312 e. The van der Waals surface area contributed by atoms with E-state index in [1.807, 2.05) is 0 Å². The lowest BCUT2D eigenvalue weighted by Gasteiger charge is -2.21. The number of nitro benzene ring substituents is 1. The summed E-state index contributed by atoms with van der Waals surface area (Å²) < 4.78 is 6.32. The second-order valence-corrected chi connectivity index (χ2v) is 5.60. The number of benzene rings is 1. The van der Waals surface area contributed by atoms with Crippen molar-refractivity contribution in [3.63, 3.8) is 0 Å². The molecule has 1 aliphatic carbocycles. The van der Waals surface area contributed by atoms with Gasteiger partial charge in [-0.05, 0) is 30.9 Å². The molecule has 18 heavy (non-hydrogen) atoms. The molecule has 4 nitrogen and oxygen atoms in total. The number of hydrogen-bond donors (Lipinski definition) is 0. The fourth-order valence-electron chi connectivity index (χ4n) is 2.32. The SMILES string of the molecule is O=[N+]([O-])c1cc(Br)ccc1OCC1CCCCC1. The predicted octanol–water partition coefficient (Wildman–Crippen LogP) is 4.32. The summed E-state index contributed by atoms with van der Waals surface area (Å²) in [6.07, 6.45) is 6.14. The van der Waals surface area contributed by atoms with Crippen molar-refractivity contribution in [2.75, 3.05) is 6.61 Å². The van der Waals surface area contributed by atoms with Gasteiger partial charge in [-0.15, -0.1) is 0 Å². The molecular formula is C13H16BrNO3. The molecule has 0 atom stereocenters. The molecule has 0 saturated heterocycles. The number of halogens is 1. The summed E-state index contributed by atoms with van der Waals surface area (Å²) in [6.45, 7) is 0.586. The molecule has 0 amide bonds. The first-order valence-electron chi connectivity index (χ1n) is 6.23. The monoisotopic (exact) mass is 313 g/mol. The van der Waals surface area contributed by atoms with Crippen LogP contribution in [0.3, 0.4) is 0 Å². The molecule has 0 radical (unpaired) electrons. The standard InChI is InChI=1S/C13H16BrNO3/c14-11-6-7-13(12(8-11)15(16)17)18-9-10-4-2-1-3-5-10/h6-8,10H,1-5,9H2. The molecule has 5 heteroatoms. The fourth-order valence-corrected chi connectivity index (χ4v) is 2.67. The highest BCUT2D eigenvalue weighted by Crippen LogP contribution is 2.31. The van der Waals surface area contributed by atoms with Gasteiger partial charge in [-0.1, -0.05) is 35.2 Å². The summed E-state index contributed by atoms with van der Waals surface area (Å²) in [4.78, 5) is 10.5. The second-order valence-electron chi connectivity index (χ2n) is 4.68. The zero-order valence-electron chi connectivity index (χ0n) is 10.1. The van der Waals surface area contributed by atoms with Crippen molar-refractivity contribution >= 4 is 21.6 Å². The molecule has 0 unspecified atom stereocenters. The van der Waals surface area contributed by atoms with Crippen LogP contribution in [0.5, 0.6) is 5.75 Å². The number of nitro groups is 1.